The summed E-state index contributed by atoms with van der Waals surface area (Å²) in [4.78, 5) is 25.3. The number of hydrogen-bond acceptors (Lipinski definition) is 4. The first-order valence-corrected chi connectivity index (χ1v) is 9.28. The number of carbonyl (C=O) groups is 2. The van der Waals surface area contributed by atoms with Gasteiger partial charge in [0.15, 0.2) is 0 Å². The lowest BCUT2D eigenvalue weighted by Crippen LogP contribution is -2.69. The third-order valence-electron chi connectivity index (χ3n) is 5.25. The number of likely N-dealkylation sites (tertiary alicyclic amines) is 1. The Balaban J connectivity index is 1.37. The van der Waals surface area contributed by atoms with Crippen LogP contribution >= 0.6 is 11.6 Å². The van der Waals surface area contributed by atoms with Crippen molar-refractivity contribution >= 4 is 23.3 Å². The van der Waals surface area contributed by atoms with Gasteiger partial charge >= 0.3 is 0 Å². The molecule has 1 aliphatic heterocycles. The van der Waals surface area contributed by atoms with Crippen molar-refractivity contribution < 1.29 is 18.7 Å². The molecule has 1 heterocycles. The number of amides is 1. The van der Waals surface area contributed by atoms with Crippen molar-refractivity contribution in [2.75, 3.05) is 19.7 Å². The van der Waals surface area contributed by atoms with E-state index in [-0.39, 0.29) is 22.6 Å². The lowest BCUT2D eigenvalue weighted by atomic mass is 9.73. The predicted molar refractivity (Wildman–Crippen MR) is 96.5 cm³/mol. The SMILES string of the molecule is CC(=O)CCC1(N)CN(C(=O)C2CC(COc3ccc(F)cc3Cl)C2)C1. The predicted octanol–water partition coefficient (Wildman–Crippen LogP) is 2.79. The summed E-state index contributed by atoms with van der Waals surface area (Å²) in [6.07, 6.45) is 2.65. The molecule has 0 radical (unpaired) electrons. The summed E-state index contributed by atoms with van der Waals surface area (Å²) in [7, 11) is 0. The molecule has 2 fully saturated rings. The van der Waals surface area contributed by atoms with Gasteiger partial charge in [0.2, 0.25) is 5.91 Å². The van der Waals surface area contributed by atoms with E-state index in [0.29, 0.717) is 44.2 Å². The number of halogens is 2. The van der Waals surface area contributed by atoms with Gasteiger partial charge in [-0.2, -0.15) is 0 Å². The lowest BCUT2D eigenvalue weighted by molar-refractivity contribution is -0.148. The Kier molecular flexibility index (Phi) is 5.53. The number of benzene rings is 1. The minimum atomic E-state index is -0.410. The molecule has 1 aromatic carbocycles. The fourth-order valence-corrected chi connectivity index (χ4v) is 3.81. The molecule has 142 valence electrons. The van der Waals surface area contributed by atoms with Crippen molar-refractivity contribution in [2.45, 2.75) is 38.1 Å². The third-order valence-corrected chi connectivity index (χ3v) is 5.55. The standard InChI is InChI=1S/C19H24ClFN2O3/c1-12(24)4-5-19(22)10-23(11-19)18(25)14-6-13(7-14)9-26-17-3-2-15(21)8-16(17)20/h2-3,8,13-14H,4-7,9-11,22H2,1H3. The second-order valence-electron chi connectivity index (χ2n) is 7.68. The first kappa shape index (κ1) is 19.1. The average Bonchev–Trinajstić information content (AvgIpc) is 2.50. The second kappa shape index (κ2) is 7.53. The van der Waals surface area contributed by atoms with Gasteiger partial charge in [-0.25, -0.2) is 4.39 Å². The zero-order chi connectivity index (χ0) is 18.9. The summed E-state index contributed by atoms with van der Waals surface area (Å²) in [6.45, 7) is 3.08. The monoisotopic (exact) mass is 382 g/mol. The van der Waals surface area contributed by atoms with Crippen LogP contribution in [0.2, 0.25) is 5.02 Å². The van der Waals surface area contributed by atoms with E-state index in [1.807, 2.05) is 0 Å². The molecule has 0 spiro atoms. The Bertz CT molecular complexity index is 700. The van der Waals surface area contributed by atoms with Crippen molar-refractivity contribution in [3.63, 3.8) is 0 Å². The molecule has 0 aromatic heterocycles. The lowest BCUT2D eigenvalue weighted by Gasteiger charge is -2.50. The quantitative estimate of drug-likeness (QED) is 0.787. The number of carbonyl (C=O) groups excluding carboxylic acids is 2. The normalized spacial score (nSPS) is 23.8. The van der Waals surface area contributed by atoms with Crippen LogP contribution in [-0.2, 0) is 9.59 Å². The van der Waals surface area contributed by atoms with E-state index in [4.69, 9.17) is 22.1 Å². The van der Waals surface area contributed by atoms with Crippen molar-refractivity contribution in [3.8, 4) is 5.75 Å². The fraction of sp³-hybridized carbons (Fsp3) is 0.579. The Labute approximate surface area is 157 Å². The van der Waals surface area contributed by atoms with Crippen molar-refractivity contribution in [2.24, 2.45) is 17.6 Å². The second-order valence-corrected chi connectivity index (χ2v) is 8.09. The number of hydrogen-bond donors (Lipinski definition) is 1. The zero-order valence-electron chi connectivity index (χ0n) is 14.8. The highest BCUT2D eigenvalue weighted by atomic mass is 35.5. The van der Waals surface area contributed by atoms with Crippen LogP contribution < -0.4 is 10.5 Å². The highest BCUT2D eigenvalue weighted by Gasteiger charge is 2.46. The molecule has 2 aliphatic rings. The Morgan fingerprint density at radius 1 is 1.38 bits per heavy atom. The van der Waals surface area contributed by atoms with Gasteiger partial charge in [-0.05, 0) is 50.3 Å². The summed E-state index contributed by atoms with van der Waals surface area (Å²) in [5.74, 6) is 0.651. The number of rotatable bonds is 7. The first-order valence-electron chi connectivity index (χ1n) is 8.91. The van der Waals surface area contributed by atoms with Gasteiger partial charge in [0, 0.05) is 25.4 Å². The highest BCUT2D eigenvalue weighted by Crippen LogP contribution is 2.38. The molecule has 7 heteroatoms. The molecule has 0 bridgehead atoms. The smallest absolute Gasteiger partial charge is 0.225 e. The Hall–Kier alpha value is -1.66. The topological polar surface area (TPSA) is 72.6 Å². The minimum Gasteiger partial charge on any atom is -0.492 e. The van der Waals surface area contributed by atoms with E-state index in [9.17, 15) is 14.0 Å². The first-order chi connectivity index (χ1) is 12.3. The number of nitrogens with zero attached hydrogens (tertiary/aromatic N) is 1. The van der Waals surface area contributed by atoms with Gasteiger partial charge in [-0.1, -0.05) is 11.6 Å². The van der Waals surface area contributed by atoms with Crippen LogP contribution in [0.5, 0.6) is 5.75 Å². The molecule has 26 heavy (non-hydrogen) atoms. The molecular formula is C19H24ClFN2O3. The summed E-state index contributed by atoms with van der Waals surface area (Å²) in [6, 6.07) is 4.04. The molecule has 1 aromatic rings. The largest absolute Gasteiger partial charge is 0.492 e. The van der Waals surface area contributed by atoms with E-state index in [1.165, 1.54) is 18.2 Å². The fourth-order valence-electron chi connectivity index (χ4n) is 3.58. The molecule has 1 saturated heterocycles. The van der Waals surface area contributed by atoms with Crippen LogP contribution in [-0.4, -0.2) is 41.8 Å². The van der Waals surface area contributed by atoms with Gasteiger partial charge in [0.05, 0.1) is 17.2 Å². The number of ether oxygens (including phenoxy) is 1. The summed E-state index contributed by atoms with van der Waals surface area (Å²) in [5.41, 5.74) is 5.79. The van der Waals surface area contributed by atoms with Crippen LogP contribution in [0.15, 0.2) is 18.2 Å². The molecule has 0 atom stereocenters. The maximum Gasteiger partial charge on any atom is 0.225 e. The van der Waals surface area contributed by atoms with Crippen molar-refractivity contribution in [1.29, 1.82) is 0 Å². The highest BCUT2D eigenvalue weighted by molar-refractivity contribution is 6.32. The molecule has 2 N–H and O–H groups in total. The number of nitrogens with two attached hydrogens (primary N) is 1. The van der Waals surface area contributed by atoms with Crippen LogP contribution in [0.4, 0.5) is 4.39 Å². The number of ketones is 1. The van der Waals surface area contributed by atoms with Crippen LogP contribution in [0, 0.1) is 17.7 Å². The average molecular weight is 383 g/mol. The van der Waals surface area contributed by atoms with Gasteiger partial charge in [-0.15, -0.1) is 0 Å². The molecule has 3 rings (SSSR count). The third kappa shape index (κ3) is 4.35. The maximum absolute atomic E-state index is 13.0. The van der Waals surface area contributed by atoms with E-state index in [2.05, 4.69) is 0 Å². The Morgan fingerprint density at radius 3 is 2.69 bits per heavy atom. The van der Waals surface area contributed by atoms with E-state index >= 15 is 0 Å². The van der Waals surface area contributed by atoms with Crippen LogP contribution in [0.3, 0.4) is 0 Å². The van der Waals surface area contributed by atoms with E-state index < -0.39 is 11.4 Å². The van der Waals surface area contributed by atoms with Gasteiger partial charge in [0.1, 0.15) is 17.3 Å². The molecule has 0 unspecified atom stereocenters. The van der Waals surface area contributed by atoms with Gasteiger partial charge in [0.25, 0.3) is 0 Å². The van der Waals surface area contributed by atoms with Crippen LogP contribution in [0.25, 0.3) is 0 Å². The maximum atomic E-state index is 13.0. The van der Waals surface area contributed by atoms with Crippen molar-refractivity contribution in [1.82, 2.24) is 4.90 Å². The molecule has 1 aliphatic carbocycles. The van der Waals surface area contributed by atoms with Gasteiger partial charge < -0.3 is 20.2 Å². The molecule has 1 amide bonds. The summed E-state index contributed by atoms with van der Waals surface area (Å²) >= 11 is 5.93. The zero-order valence-corrected chi connectivity index (χ0v) is 15.6. The summed E-state index contributed by atoms with van der Waals surface area (Å²) < 4.78 is 18.6. The van der Waals surface area contributed by atoms with Crippen molar-refractivity contribution in [3.05, 3.63) is 29.0 Å². The minimum absolute atomic E-state index is 0.0182. The molecule has 5 nitrogen and oxygen atoms in total. The van der Waals surface area contributed by atoms with E-state index in [1.54, 1.807) is 11.8 Å². The van der Waals surface area contributed by atoms with Crippen LogP contribution in [0.1, 0.15) is 32.6 Å². The molecular weight excluding hydrogens is 359 g/mol. The number of Topliss-reactive ketones (excluding diaryl/α,β-unsaturated/α-hetero) is 1. The summed E-state index contributed by atoms with van der Waals surface area (Å²) in [5, 5.41) is 0.252. The van der Waals surface area contributed by atoms with E-state index in [0.717, 1.165) is 12.8 Å². The van der Waals surface area contributed by atoms with Gasteiger partial charge in [-0.3, -0.25) is 4.79 Å². The Morgan fingerprint density at radius 2 is 2.08 bits per heavy atom. The molecule has 1 saturated carbocycles.